The van der Waals surface area contributed by atoms with E-state index in [0.717, 1.165) is 17.9 Å². The Balaban J connectivity index is 1.43. The summed E-state index contributed by atoms with van der Waals surface area (Å²) < 4.78 is 0. The average Bonchev–Trinajstić information content (AvgIpc) is 3.19. The molecule has 0 heterocycles. The Morgan fingerprint density at radius 1 is 0.750 bits per heavy atom. The predicted octanol–water partition coefficient (Wildman–Crippen LogP) is 5.69. The molecule has 0 aromatic heterocycles. The second-order valence-corrected chi connectivity index (χ2v) is 7.40. The van der Waals surface area contributed by atoms with E-state index in [1.54, 1.807) is 0 Å². The maximum absolute atomic E-state index is 3.76. The Morgan fingerprint density at radius 3 is 2.10 bits per heavy atom. The molecule has 2 aliphatic carbocycles. The molecule has 118 valence electrons. The molecule has 0 amide bonds. The van der Waals surface area contributed by atoms with Gasteiger partial charge in [0, 0.05) is 6.04 Å². The molecule has 0 bridgehead atoms. The van der Waals surface area contributed by atoms with Crippen molar-refractivity contribution in [2.75, 3.05) is 6.54 Å². The zero-order valence-corrected chi connectivity index (χ0v) is 13.8. The molecular weight excluding hydrogens is 242 g/mol. The minimum atomic E-state index is 0.902. The van der Waals surface area contributed by atoms with Gasteiger partial charge in [-0.1, -0.05) is 77.6 Å². The van der Waals surface area contributed by atoms with Gasteiger partial charge in [-0.2, -0.15) is 0 Å². The molecule has 2 atom stereocenters. The highest BCUT2D eigenvalue weighted by Gasteiger charge is 2.28. The fourth-order valence-electron chi connectivity index (χ4n) is 3.91. The Kier molecular flexibility index (Phi) is 8.02. The molecule has 2 unspecified atom stereocenters. The van der Waals surface area contributed by atoms with E-state index < -0.39 is 0 Å². The molecule has 2 saturated carbocycles. The number of unbranched alkanes of at least 4 members (excludes halogenated alkanes) is 7. The lowest BCUT2D eigenvalue weighted by atomic mass is 9.90. The number of hydrogen-bond donors (Lipinski definition) is 1. The van der Waals surface area contributed by atoms with Gasteiger partial charge in [0.25, 0.3) is 0 Å². The largest absolute Gasteiger partial charge is 0.314 e. The summed E-state index contributed by atoms with van der Waals surface area (Å²) in [5.74, 6) is 2.07. The van der Waals surface area contributed by atoms with Crippen molar-refractivity contribution < 1.29 is 0 Å². The monoisotopic (exact) mass is 279 g/mol. The molecule has 0 aromatic carbocycles. The first kappa shape index (κ1) is 16.3. The highest BCUT2D eigenvalue weighted by atomic mass is 14.9. The molecule has 0 radical (unpaired) electrons. The summed E-state index contributed by atoms with van der Waals surface area (Å²) in [5.41, 5.74) is 0. The van der Waals surface area contributed by atoms with Crippen molar-refractivity contribution in [2.45, 2.75) is 103 Å². The zero-order valence-electron chi connectivity index (χ0n) is 13.8. The third-order valence-electron chi connectivity index (χ3n) is 5.49. The first-order valence-electron chi connectivity index (χ1n) is 9.63. The van der Waals surface area contributed by atoms with Crippen molar-refractivity contribution in [3.05, 3.63) is 0 Å². The first-order valence-corrected chi connectivity index (χ1v) is 9.63. The van der Waals surface area contributed by atoms with Crippen LogP contribution in [0.25, 0.3) is 0 Å². The van der Waals surface area contributed by atoms with Gasteiger partial charge in [0.05, 0.1) is 0 Å². The maximum Gasteiger partial charge on any atom is 0.00683 e. The van der Waals surface area contributed by atoms with Gasteiger partial charge in [0.1, 0.15) is 0 Å². The second-order valence-electron chi connectivity index (χ2n) is 7.40. The van der Waals surface area contributed by atoms with Crippen molar-refractivity contribution >= 4 is 0 Å². The summed E-state index contributed by atoms with van der Waals surface area (Å²) >= 11 is 0. The predicted molar refractivity (Wildman–Crippen MR) is 89.1 cm³/mol. The van der Waals surface area contributed by atoms with E-state index in [9.17, 15) is 0 Å². The van der Waals surface area contributed by atoms with Crippen molar-refractivity contribution in [1.29, 1.82) is 0 Å². The zero-order chi connectivity index (χ0) is 14.0. The molecule has 1 heteroatoms. The molecule has 2 rings (SSSR count). The van der Waals surface area contributed by atoms with Crippen LogP contribution < -0.4 is 5.32 Å². The standard InChI is InChI=1S/C19H37N/c1-2-3-4-5-6-7-8-9-11-17-12-10-13-18(17)16-20-19-14-15-19/h17-20H,2-16H2,1H3. The van der Waals surface area contributed by atoms with Gasteiger partial charge in [0.15, 0.2) is 0 Å². The number of rotatable bonds is 12. The maximum atomic E-state index is 3.76. The lowest BCUT2D eigenvalue weighted by Gasteiger charge is -2.20. The van der Waals surface area contributed by atoms with Gasteiger partial charge in [-0.15, -0.1) is 0 Å². The second kappa shape index (κ2) is 9.82. The summed E-state index contributed by atoms with van der Waals surface area (Å²) in [6, 6.07) is 0.902. The third kappa shape index (κ3) is 6.61. The number of hydrogen-bond acceptors (Lipinski definition) is 1. The Morgan fingerprint density at radius 2 is 1.40 bits per heavy atom. The molecule has 0 spiro atoms. The summed E-state index contributed by atoms with van der Waals surface area (Å²) in [4.78, 5) is 0. The number of nitrogens with one attached hydrogen (secondary N) is 1. The van der Waals surface area contributed by atoms with Gasteiger partial charge in [-0.25, -0.2) is 0 Å². The molecule has 2 fully saturated rings. The van der Waals surface area contributed by atoms with Crippen LogP contribution in [0.15, 0.2) is 0 Å². The summed E-state index contributed by atoms with van der Waals surface area (Å²) in [7, 11) is 0. The SMILES string of the molecule is CCCCCCCCCCC1CCCC1CNC1CC1. The summed E-state index contributed by atoms with van der Waals surface area (Å²) in [6.07, 6.45) is 20.6. The molecular formula is C19H37N. The summed E-state index contributed by atoms with van der Waals surface area (Å²) in [5, 5.41) is 3.76. The average molecular weight is 280 g/mol. The van der Waals surface area contributed by atoms with E-state index in [1.165, 1.54) is 96.4 Å². The minimum absolute atomic E-state index is 0.902. The van der Waals surface area contributed by atoms with Crippen molar-refractivity contribution in [2.24, 2.45) is 11.8 Å². The lowest BCUT2D eigenvalue weighted by molar-refractivity contribution is 0.335. The third-order valence-corrected chi connectivity index (χ3v) is 5.49. The Bertz CT molecular complexity index is 234. The Hall–Kier alpha value is -0.0400. The highest BCUT2D eigenvalue weighted by Crippen LogP contribution is 2.35. The quantitative estimate of drug-likeness (QED) is 0.453. The molecule has 20 heavy (non-hydrogen) atoms. The van der Waals surface area contributed by atoms with Crippen molar-refractivity contribution in [3.8, 4) is 0 Å². The fourth-order valence-corrected chi connectivity index (χ4v) is 3.91. The molecule has 0 aliphatic heterocycles. The van der Waals surface area contributed by atoms with E-state index in [2.05, 4.69) is 12.2 Å². The van der Waals surface area contributed by atoms with Gasteiger partial charge in [-0.3, -0.25) is 0 Å². The topological polar surface area (TPSA) is 12.0 Å². The molecule has 1 nitrogen and oxygen atoms in total. The van der Waals surface area contributed by atoms with Gasteiger partial charge >= 0.3 is 0 Å². The normalized spacial score (nSPS) is 26.2. The first-order chi connectivity index (χ1) is 9.90. The van der Waals surface area contributed by atoms with Crippen LogP contribution in [-0.2, 0) is 0 Å². The van der Waals surface area contributed by atoms with Gasteiger partial charge < -0.3 is 5.32 Å². The van der Waals surface area contributed by atoms with E-state index >= 15 is 0 Å². The van der Waals surface area contributed by atoms with E-state index in [-0.39, 0.29) is 0 Å². The lowest BCUT2D eigenvalue weighted by Crippen LogP contribution is -2.26. The van der Waals surface area contributed by atoms with Crippen LogP contribution in [0.4, 0.5) is 0 Å². The van der Waals surface area contributed by atoms with Crippen molar-refractivity contribution in [1.82, 2.24) is 5.32 Å². The van der Waals surface area contributed by atoms with Gasteiger partial charge in [0.2, 0.25) is 0 Å². The van der Waals surface area contributed by atoms with E-state index in [0.29, 0.717) is 0 Å². The molecule has 1 N–H and O–H groups in total. The molecule has 0 aromatic rings. The molecule has 2 aliphatic rings. The van der Waals surface area contributed by atoms with Gasteiger partial charge in [-0.05, 0) is 37.6 Å². The van der Waals surface area contributed by atoms with Crippen molar-refractivity contribution in [3.63, 3.8) is 0 Å². The van der Waals surface area contributed by atoms with Crippen LogP contribution in [0.2, 0.25) is 0 Å². The Labute approximate surface area is 127 Å². The van der Waals surface area contributed by atoms with Crippen LogP contribution in [0.1, 0.15) is 96.8 Å². The smallest absolute Gasteiger partial charge is 0.00683 e. The minimum Gasteiger partial charge on any atom is -0.314 e. The van der Waals surface area contributed by atoms with Crippen LogP contribution in [0.3, 0.4) is 0 Å². The van der Waals surface area contributed by atoms with Crippen LogP contribution in [0.5, 0.6) is 0 Å². The van der Waals surface area contributed by atoms with Crippen LogP contribution in [0, 0.1) is 11.8 Å². The fraction of sp³-hybridized carbons (Fsp3) is 1.00. The van der Waals surface area contributed by atoms with Crippen LogP contribution in [-0.4, -0.2) is 12.6 Å². The highest BCUT2D eigenvalue weighted by molar-refractivity contribution is 4.85. The molecule has 0 saturated heterocycles. The summed E-state index contributed by atoms with van der Waals surface area (Å²) in [6.45, 7) is 3.63. The van der Waals surface area contributed by atoms with Crippen LogP contribution >= 0.6 is 0 Å². The van der Waals surface area contributed by atoms with E-state index in [1.807, 2.05) is 0 Å². The van der Waals surface area contributed by atoms with E-state index in [4.69, 9.17) is 0 Å².